The molecule has 0 spiro atoms. The molecule has 0 unspecified atom stereocenters. The standard InChI is InChI=1S/C47H32N2S2/c1-2-13-33(14-3-1)49-42-21-7-4-15-35(42)39-19-12-18-34(47(39)49)31-25-27-45-40(29-31)37-17-6-9-23-44(37)50-43-22-8-5-16-36(43)38-26-24-32(30-46(38)51-45)41-20-10-11-28-48-41/h1-27,29-30,48H,28H2. The first-order chi connectivity index (χ1) is 25.3. The van der Waals surface area contributed by atoms with Gasteiger partial charge in [-0.05, 0) is 88.0 Å². The van der Waals surface area contributed by atoms with Crippen molar-refractivity contribution in [1.29, 1.82) is 0 Å². The molecule has 0 fully saturated rings. The zero-order valence-electron chi connectivity index (χ0n) is 27.7. The normalized spacial score (nSPS) is 13.5. The van der Waals surface area contributed by atoms with Gasteiger partial charge in [-0.3, -0.25) is 0 Å². The summed E-state index contributed by atoms with van der Waals surface area (Å²) in [5, 5.41) is 6.09. The molecule has 1 aromatic heterocycles. The van der Waals surface area contributed by atoms with E-state index in [0.717, 1.165) is 17.9 Å². The lowest BCUT2D eigenvalue weighted by atomic mass is 9.97. The molecule has 0 amide bonds. The highest BCUT2D eigenvalue weighted by atomic mass is 32.2. The molecule has 0 bridgehead atoms. The average Bonchev–Trinajstić information content (AvgIpc) is 3.54. The minimum atomic E-state index is 0.841. The third kappa shape index (κ3) is 5.22. The van der Waals surface area contributed by atoms with Crippen LogP contribution in [0.25, 0.3) is 66.6 Å². The van der Waals surface area contributed by atoms with Gasteiger partial charge < -0.3 is 9.88 Å². The fourth-order valence-corrected chi connectivity index (χ4v) is 9.77. The molecule has 242 valence electrons. The van der Waals surface area contributed by atoms with Crippen molar-refractivity contribution in [3.63, 3.8) is 0 Å². The molecule has 10 rings (SSSR count). The number of hydrogen-bond donors (Lipinski definition) is 1. The lowest BCUT2D eigenvalue weighted by Gasteiger charge is -2.22. The van der Waals surface area contributed by atoms with E-state index in [1.54, 1.807) is 0 Å². The number of nitrogens with one attached hydrogen (secondary N) is 1. The fourth-order valence-electron chi connectivity index (χ4n) is 7.54. The summed E-state index contributed by atoms with van der Waals surface area (Å²) >= 11 is 3.73. The van der Waals surface area contributed by atoms with Crippen molar-refractivity contribution in [2.45, 2.75) is 19.6 Å². The van der Waals surface area contributed by atoms with E-state index >= 15 is 0 Å². The van der Waals surface area contributed by atoms with Gasteiger partial charge in [0.1, 0.15) is 0 Å². The molecule has 4 heteroatoms. The van der Waals surface area contributed by atoms with Crippen LogP contribution in [0.2, 0.25) is 0 Å². The van der Waals surface area contributed by atoms with Crippen LogP contribution in [-0.2, 0) is 0 Å². The van der Waals surface area contributed by atoms with Crippen LogP contribution in [0.4, 0.5) is 0 Å². The Kier molecular flexibility index (Phi) is 7.44. The van der Waals surface area contributed by atoms with Crippen molar-refractivity contribution in [3.8, 4) is 39.1 Å². The molecule has 0 saturated heterocycles. The first-order valence-corrected chi connectivity index (χ1v) is 19.0. The monoisotopic (exact) mass is 688 g/mol. The Balaban J connectivity index is 1.22. The minimum Gasteiger partial charge on any atom is -0.381 e. The summed E-state index contributed by atoms with van der Waals surface area (Å²) in [7, 11) is 0. The summed E-state index contributed by atoms with van der Waals surface area (Å²) in [6, 6.07) is 58.0. The molecule has 8 aromatic rings. The third-order valence-corrected chi connectivity index (χ3v) is 12.2. The average molecular weight is 689 g/mol. The second kappa shape index (κ2) is 12.6. The van der Waals surface area contributed by atoms with Crippen LogP contribution in [0.3, 0.4) is 0 Å². The van der Waals surface area contributed by atoms with Crippen molar-refractivity contribution < 1.29 is 0 Å². The topological polar surface area (TPSA) is 17.0 Å². The van der Waals surface area contributed by atoms with Gasteiger partial charge >= 0.3 is 0 Å². The lowest BCUT2D eigenvalue weighted by molar-refractivity contribution is 0.994. The zero-order chi connectivity index (χ0) is 33.7. The van der Waals surface area contributed by atoms with Crippen LogP contribution in [0, 0.1) is 0 Å². The largest absolute Gasteiger partial charge is 0.381 e. The maximum Gasteiger partial charge on any atom is 0.0619 e. The molecule has 0 saturated carbocycles. The maximum atomic E-state index is 3.57. The third-order valence-electron chi connectivity index (χ3n) is 9.90. The van der Waals surface area contributed by atoms with Gasteiger partial charge in [-0.25, -0.2) is 0 Å². The number of aromatic nitrogens is 1. The molecule has 0 radical (unpaired) electrons. The fraction of sp³-hybridized carbons (Fsp3) is 0.0213. The van der Waals surface area contributed by atoms with Crippen molar-refractivity contribution in [2.75, 3.05) is 6.54 Å². The second-order valence-electron chi connectivity index (χ2n) is 12.9. The van der Waals surface area contributed by atoms with Gasteiger partial charge in [-0.1, -0.05) is 145 Å². The molecule has 3 heterocycles. The highest BCUT2D eigenvalue weighted by molar-refractivity contribution is 8.00. The Labute approximate surface area is 306 Å². The summed E-state index contributed by atoms with van der Waals surface area (Å²) in [5.74, 6) is 0. The summed E-state index contributed by atoms with van der Waals surface area (Å²) < 4.78 is 2.43. The zero-order valence-corrected chi connectivity index (χ0v) is 29.3. The van der Waals surface area contributed by atoms with E-state index in [0.29, 0.717) is 0 Å². The van der Waals surface area contributed by atoms with Crippen LogP contribution in [0.5, 0.6) is 0 Å². The molecule has 0 atom stereocenters. The van der Waals surface area contributed by atoms with Crippen LogP contribution in [0.1, 0.15) is 5.56 Å². The van der Waals surface area contributed by atoms with Gasteiger partial charge in [0.05, 0.1) is 11.0 Å². The number of nitrogens with zero attached hydrogens (tertiary/aromatic N) is 1. The van der Waals surface area contributed by atoms with Crippen LogP contribution in [0.15, 0.2) is 196 Å². The Hall–Kier alpha value is -5.68. The van der Waals surface area contributed by atoms with Crippen LogP contribution < -0.4 is 5.32 Å². The highest BCUT2D eigenvalue weighted by Gasteiger charge is 2.22. The van der Waals surface area contributed by atoms with Crippen molar-refractivity contribution in [2.24, 2.45) is 0 Å². The Bertz CT molecular complexity index is 2700. The number of hydrogen-bond acceptors (Lipinski definition) is 3. The SMILES string of the molecule is C1=CCNC(c2ccc3c(c2)Sc2ccc(-c4cccc5c6ccccc6n(-c6ccccc6)c45)cc2-c2ccccc2Sc2ccccc2-3)=C1. The predicted octanol–water partition coefficient (Wildman–Crippen LogP) is 12.9. The van der Waals surface area contributed by atoms with Gasteiger partial charge in [-0.15, -0.1) is 0 Å². The number of para-hydroxylation sites is 3. The van der Waals surface area contributed by atoms with E-state index in [2.05, 4.69) is 186 Å². The van der Waals surface area contributed by atoms with E-state index in [1.807, 2.05) is 23.5 Å². The van der Waals surface area contributed by atoms with Crippen LogP contribution >= 0.6 is 23.5 Å². The van der Waals surface area contributed by atoms with E-state index in [1.165, 1.54) is 80.3 Å². The maximum absolute atomic E-state index is 3.57. The summed E-state index contributed by atoms with van der Waals surface area (Å²) in [5.41, 5.74) is 13.4. The first kappa shape index (κ1) is 30.2. The molecule has 1 N–H and O–H groups in total. The quantitative estimate of drug-likeness (QED) is 0.199. The molecule has 7 aromatic carbocycles. The lowest BCUT2D eigenvalue weighted by Crippen LogP contribution is -2.14. The molecule has 0 aliphatic carbocycles. The Morgan fingerprint density at radius 1 is 0.471 bits per heavy atom. The van der Waals surface area contributed by atoms with Crippen molar-refractivity contribution in [1.82, 2.24) is 9.88 Å². The van der Waals surface area contributed by atoms with Crippen LogP contribution in [-0.4, -0.2) is 11.1 Å². The van der Waals surface area contributed by atoms with Crippen molar-refractivity contribution in [3.05, 3.63) is 182 Å². The highest BCUT2D eigenvalue weighted by Crippen LogP contribution is 2.50. The number of dihydropyridines is 1. The Morgan fingerprint density at radius 2 is 1.12 bits per heavy atom. The smallest absolute Gasteiger partial charge is 0.0619 e. The summed E-state index contributed by atoms with van der Waals surface area (Å²) in [6.45, 7) is 0.841. The van der Waals surface area contributed by atoms with E-state index in [4.69, 9.17) is 0 Å². The number of benzene rings is 7. The molecular formula is C47H32N2S2. The van der Waals surface area contributed by atoms with Gasteiger partial charge in [0.15, 0.2) is 0 Å². The molecule has 2 nitrogen and oxygen atoms in total. The summed E-state index contributed by atoms with van der Waals surface area (Å²) in [4.78, 5) is 5.00. The van der Waals surface area contributed by atoms with E-state index < -0.39 is 0 Å². The van der Waals surface area contributed by atoms with Gasteiger partial charge in [0.2, 0.25) is 0 Å². The molecule has 2 aliphatic rings. The van der Waals surface area contributed by atoms with Crippen molar-refractivity contribution >= 4 is 51.0 Å². The molecule has 51 heavy (non-hydrogen) atoms. The number of allylic oxidation sites excluding steroid dienone is 2. The molecular weight excluding hydrogens is 657 g/mol. The minimum absolute atomic E-state index is 0.841. The van der Waals surface area contributed by atoms with E-state index in [9.17, 15) is 0 Å². The number of fused-ring (bicyclic) bond motifs is 9. The van der Waals surface area contributed by atoms with Gasteiger partial charge in [0.25, 0.3) is 0 Å². The van der Waals surface area contributed by atoms with Gasteiger partial charge in [-0.2, -0.15) is 0 Å². The van der Waals surface area contributed by atoms with Gasteiger partial charge in [0, 0.05) is 53.8 Å². The Morgan fingerprint density at radius 3 is 1.94 bits per heavy atom. The molecule has 2 aliphatic heterocycles. The van der Waals surface area contributed by atoms with E-state index in [-0.39, 0.29) is 0 Å². The summed E-state index contributed by atoms with van der Waals surface area (Å²) in [6.07, 6.45) is 6.46. The second-order valence-corrected chi connectivity index (χ2v) is 15.1. The first-order valence-electron chi connectivity index (χ1n) is 17.3. The predicted molar refractivity (Wildman–Crippen MR) is 217 cm³/mol. The number of rotatable bonds is 3.